The molecule has 0 saturated heterocycles. The molecule has 0 radical (unpaired) electrons. The third kappa shape index (κ3) is 3.01. The van der Waals surface area contributed by atoms with E-state index in [4.69, 9.17) is 10.00 Å². The summed E-state index contributed by atoms with van der Waals surface area (Å²) in [5, 5.41) is 19.5. The van der Waals surface area contributed by atoms with Gasteiger partial charge in [0.25, 0.3) is 5.69 Å². The maximum Gasteiger partial charge on any atom is 0.272 e. The molecule has 0 aliphatic rings. The van der Waals surface area contributed by atoms with Crippen LogP contribution >= 0.6 is 15.9 Å². The summed E-state index contributed by atoms with van der Waals surface area (Å²) >= 11 is 2.98. The van der Waals surface area contributed by atoms with Crippen LogP contribution in [0, 0.1) is 34.2 Å². The number of halogens is 2. The summed E-state index contributed by atoms with van der Waals surface area (Å²) < 4.78 is 19.4. The van der Waals surface area contributed by atoms with Gasteiger partial charge in [0, 0.05) is 11.6 Å². The normalized spacial score (nSPS) is 10.0. The molecule has 0 aliphatic heterocycles. The predicted octanol–water partition coefficient (Wildman–Crippen LogP) is 4.47. The molecule has 21 heavy (non-hydrogen) atoms. The third-order valence-corrected chi connectivity index (χ3v) is 3.54. The van der Waals surface area contributed by atoms with Gasteiger partial charge < -0.3 is 4.74 Å². The second-order valence-corrected chi connectivity index (χ2v) is 4.95. The van der Waals surface area contributed by atoms with Gasteiger partial charge in [0.1, 0.15) is 11.8 Å². The van der Waals surface area contributed by atoms with Crippen molar-refractivity contribution in [1.82, 2.24) is 0 Å². The van der Waals surface area contributed by atoms with Gasteiger partial charge in [-0.05, 0) is 47.1 Å². The maximum atomic E-state index is 14.0. The fourth-order valence-electron chi connectivity index (χ4n) is 1.72. The molecule has 2 aromatic carbocycles. The van der Waals surface area contributed by atoms with Crippen molar-refractivity contribution in [2.75, 3.05) is 0 Å². The van der Waals surface area contributed by atoms with Crippen LogP contribution in [0.25, 0.3) is 0 Å². The Balaban J connectivity index is 2.35. The summed E-state index contributed by atoms with van der Waals surface area (Å²) in [4.78, 5) is 10.2. The highest BCUT2D eigenvalue weighted by molar-refractivity contribution is 9.10. The molecule has 0 bridgehead atoms. The summed E-state index contributed by atoms with van der Waals surface area (Å²) in [5.41, 5.74) is 0.522. The van der Waals surface area contributed by atoms with Gasteiger partial charge in [0.05, 0.1) is 15.0 Å². The van der Waals surface area contributed by atoms with E-state index in [1.165, 1.54) is 30.3 Å². The molecule has 2 aromatic rings. The SMILES string of the molecule is Cc1cc(Oc2ccc(C#N)c(Br)c2F)ccc1[N+](=O)[O-]. The summed E-state index contributed by atoms with van der Waals surface area (Å²) in [6, 6.07) is 8.71. The standard InChI is InChI=1S/C14H8BrFN2O3/c1-8-6-10(3-4-11(8)18(19)20)21-12-5-2-9(7-17)13(15)14(12)16/h2-6H,1H3. The number of rotatable bonds is 3. The second-order valence-electron chi connectivity index (χ2n) is 4.16. The lowest BCUT2D eigenvalue weighted by Gasteiger charge is -2.09. The van der Waals surface area contributed by atoms with Crippen LogP contribution in [0.1, 0.15) is 11.1 Å². The Bertz CT molecular complexity index is 772. The molecular weight excluding hydrogens is 343 g/mol. The van der Waals surface area contributed by atoms with Crippen LogP contribution < -0.4 is 4.74 Å². The molecule has 0 unspecified atom stereocenters. The van der Waals surface area contributed by atoms with Crippen molar-refractivity contribution in [2.45, 2.75) is 6.92 Å². The van der Waals surface area contributed by atoms with Gasteiger partial charge in [-0.3, -0.25) is 10.1 Å². The van der Waals surface area contributed by atoms with Crippen LogP contribution in [-0.2, 0) is 0 Å². The minimum Gasteiger partial charge on any atom is -0.454 e. The van der Waals surface area contributed by atoms with Crippen molar-refractivity contribution in [1.29, 1.82) is 5.26 Å². The summed E-state index contributed by atoms with van der Waals surface area (Å²) in [7, 11) is 0. The fourth-order valence-corrected chi connectivity index (χ4v) is 2.14. The predicted molar refractivity (Wildman–Crippen MR) is 76.7 cm³/mol. The van der Waals surface area contributed by atoms with Crippen molar-refractivity contribution in [3.8, 4) is 17.6 Å². The zero-order valence-corrected chi connectivity index (χ0v) is 12.3. The monoisotopic (exact) mass is 350 g/mol. The number of nitrogens with zero attached hydrogens (tertiary/aromatic N) is 2. The Labute approximate surface area is 127 Å². The zero-order chi connectivity index (χ0) is 15.6. The van der Waals surface area contributed by atoms with E-state index in [1.807, 2.05) is 6.07 Å². The molecule has 7 heteroatoms. The van der Waals surface area contributed by atoms with Gasteiger partial charge in [-0.1, -0.05) is 0 Å². The minimum atomic E-state index is -0.704. The van der Waals surface area contributed by atoms with E-state index in [0.717, 1.165) is 0 Å². The highest BCUT2D eigenvalue weighted by Gasteiger charge is 2.15. The molecule has 0 saturated carbocycles. The van der Waals surface area contributed by atoms with Gasteiger partial charge in [-0.2, -0.15) is 5.26 Å². The quantitative estimate of drug-likeness (QED) is 0.604. The molecule has 0 N–H and O–H groups in total. The molecule has 0 amide bonds. The average molecular weight is 351 g/mol. The molecule has 5 nitrogen and oxygen atoms in total. The van der Waals surface area contributed by atoms with Crippen LogP contribution in [-0.4, -0.2) is 4.92 Å². The van der Waals surface area contributed by atoms with Crippen LogP contribution in [0.3, 0.4) is 0 Å². The molecule has 0 spiro atoms. The largest absolute Gasteiger partial charge is 0.454 e. The van der Waals surface area contributed by atoms with Crippen LogP contribution in [0.5, 0.6) is 11.5 Å². The number of hydrogen-bond donors (Lipinski definition) is 0. The van der Waals surface area contributed by atoms with Crippen molar-refractivity contribution < 1.29 is 14.1 Å². The fraction of sp³-hybridized carbons (Fsp3) is 0.0714. The first-order valence-corrected chi connectivity index (χ1v) is 6.54. The van der Waals surface area contributed by atoms with Crippen molar-refractivity contribution in [3.63, 3.8) is 0 Å². The number of nitro groups is 1. The molecule has 2 rings (SSSR count). The lowest BCUT2D eigenvalue weighted by Crippen LogP contribution is -1.94. The van der Waals surface area contributed by atoms with E-state index in [0.29, 0.717) is 5.56 Å². The number of benzene rings is 2. The van der Waals surface area contributed by atoms with Crippen molar-refractivity contribution in [3.05, 3.63) is 61.9 Å². The van der Waals surface area contributed by atoms with E-state index in [-0.39, 0.29) is 27.2 Å². The lowest BCUT2D eigenvalue weighted by atomic mass is 10.2. The van der Waals surface area contributed by atoms with Gasteiger partial charge in [-0.15, -0.1) is 0 Å². The maximum absolute atomic E-state index is 14.0. The topological polar surface area (TPSA) is 76.2 Å². The van der Waals surface area contributed by atoms with Crippen LogP contribution in [0.4, 0.5) is 10.1 Å². The Morgan fingerprint density at radius 1 is 1.38 bits per heavy atom. The molecule has 0 aliphatic carbocycles. The Hall–Kier alpha value is -2.46. The van der Waals surface area contributed by atoms with Crippen LogP contribution in [0.15, 0.2) is 34.8 Å². The summed E-state index contributed by atoms with van der Waals surface area (Å²) in [6.07, 6.45) is 0. The molecular formula is C14H8BrFN2O3. The van der Waals surface area contributed by atoms with Gasteiger partial charge >= 0.3 is 0 Å². The third-order valence-electron chi connectivity index (χ3n) is 2.76. The number of aryl methyl sites for hydroxylation is 1. The summed E-state index contributed by atoms with van der Waals surface area (Å²) in [6.45, 7) is 1.57. The molecule has 0 atom stereocenters. The van der Waals surface area contributed by atoms with E-state index >= 15 is 0 Å². The molecule has 0 fully saturated rings. The summed E-state index contributed by atoms with van der Waals surface area (Å²) in [5.74, 6) is -0.507. The first-order valence-electron chi connectivity index (χ1n) is 5.75. The van der Waals surface area contributed by atoms with E-state index < -0.39 is 10.7 Å². The van der Waals surface area contributed by atoms with E-state index in [9.17, 15) is 14.5 Å². The lowest BCUT2D eigenvalue weighted by molar-refractivity contribution is -0.385. The van der Waals surface area contributed by atoms with Crippen molar-refractivity contribution in [2.24, 2.45) is 0 Å². The zero-order valence-electron chi connectivity index (χ0n) is 10.8. The Kier molecular flexibility index (Phi) is 4.19. The highest BCUT2D eigenvalue weighted by Crippen LogP contribution is 2.33. The first-order chi connectivity index (χ1) is 9.93. The second kappa shape index (κ2) is 5.89. The Morgan fingerprint density at radius 2 is 2.10 bits per heavy atom. The molecule has 0 aromatic heterocycles. The van der Waals surface area contributed by atoms with Gasteiger partial charge in [0.15, 0.2) is 11.6 Å². The van der Waals surface area contributed by atoms with Crippen molar-refractivity contribution >= 4 is 21.6 Å². The molecule has 0 heterocycles. The number of hydrogen-bond acceptors (Lipinski definition) is 4. The average Bonchev–Trinajstić information content (AvgIpc) is 2.44. The van der Waals surface area contributed by atoms with E-state index in [1.54, 1.807) is 6.92 Å². The van der Waals surface area contributed by atoms with E-state index in [2.05, 4.69) is 15.9 Å². The van der Waals surface area contributed by atoms with Gasteiger partial charge in [0.2, 0.25) is 0 Å². The van der Waals surface area contributed by atoms with Crippen LogP contribution in [0.2, 0.25) is 0 Å². The Morgan fingerprint density at radius 3 is 2.67 bits per heavy atom. The first kappa shape index (κ1) is 14.9. The van der Waals surface area contributed by atoms with Gasteiger partial charge in [-0.25, -0.2) is 4.39 Å². The number of nitro benzene ring substituents is 1. The highest BCUT2D eigenvalue weighted by atomic mass is 79.9. The smallest absolute Gasteiger partial charge is 0.272 e. The number of ether oxygens (including phenoxy) is 1. The molecule has 106 valence electrons. The number of nitriles is 1. The minimum absolute atomic E-state index is 0.0149.